The highest BCUT2D eigenvalue weighted by Gasteiger charge is 1.97. The molecule has 0 aromatic rings. The summed E-state index contributed by atoms with van der Waals surface area (Å²) in [5.41, 5.74) is 6.54. The quantitative estimate of drug-likeness (QED) is 0.642. The van der Waals surface area contributed by atoms with Crippen LogP contribution in [-0.4, -0.2) is 12.8 Å². The van der Waals surface area contributed by atoms with Gasteiger partial charge in [0.25, 0.3) is 0 Å². The van der Waals surface area contributed by atoms with Crippen molar-refractivity contribution < 1.29 is 0 Å². The number of hydrogen-bond donors (Lipinski definition) is 1. The van der Waals surface area contributed by atoms with Crippen LogP contribution in [0.25, 0.3) is 0 Å². The van der Waals surface area contributed by atoms with Crippen LogP contribution in [0.1, 0.15) is 27.7 Å². The number of nitrogens with two attached hydrogens (primary N) is 1. The lowest BCUT2D eigenvalue weighted by molar-refractivity contribution is 0.666. The molecule has 70 valence electrons. The molecule has 2 nitrogen and oxygen atoms in total. The van der Waals surface area contributed by atoms with Gasteiger partial charge in [-0.25, -0.2) is 0 Å². The lowest BCUT2D eigenvalue weighted by atomic mass is 10.1. The Morgan fingerprint density at radius 3 is 2.25 bits per heavy atom. The summed E-state index contributed by atoms with van der Waals surface area (Å²) in [5, 5.41) is 0. The standard InChI is InChI=1S/C10H20N2/c1-8(2)6-12-7-10(5-11)9(3)4/h5,7-9H,6,11H2,1-4H3/b10-5+,12-7?. The highest BCUT2D eigenvalue weighted by molar-refractivity contribution is 5.78. The van der Waals surface area contributed by atoms with Crippen molar-refractivity contribution in [3.63, 3.8) is 0 Å². The molecule has 0 amide bonds. The van der Waals surface area contributed by atoms with E-state index in [9.17, 15) is 0 Å². The predicted octanol–water partition coefficient (Wildman–Crippen LogP) is 2.21. The number of allylic oxidation sites excluding steroid dienone is 1. The fourth-order valence-electron chi connectivity index (χ4n) is 0.753. The summed E-state index contributed by atoms with van der Waals surface area (Å²) in [7, 11) is 0. The van der Waals surface area contributed by atoms with Crippen molar-refractivity contribution in [3.8, 4) is 0 Å². The minimum Gasteiger partial charge on any atom is -0.404 e. The molecule has 0 saturated heterocycles. The molecule has 0 atom stereocenters. The van der Waals surface area contributed by atoms with Crippen molar-refractivity contribution in [2.24, 2.45) is 22.6 Å². The third-order valence-corrected chi connectivity index (χ3v) is 1.57. The Labute approximate surface area is 75.6 Å². The van der Waals surface area contributed by atoms with E-state index in [1.54, 1.807) is 6.20 Å². The van der Waals surface area contributed by atoms with Crippen LogP contribution in [0.5, 0.6) is 0 Å². The van der Waals surface area contributed by atoms with Gasteiger partial charge in [-0.2, -0.15) is 0 Å². The van der Waals surface area contributed by atoms with Crippen LogP contribution in [0.15, 0.2) is 16.8 Å². The molecule has 0 rings (SSSR count). The van der Waals surface area contributed by atoms with Crippen molar-refractivity contribution in [2.75, 3.05) is 6.54 Å². The molecule has 0 spiro atoms. The predicted molar refractivity (Wildman–Crippen MR) is 55.3 cm³/mol. The van der Waals surface area contributed by atoms with Crippen molar-refractivity contribution in [1.29, 1.82) is 0 Å². The van der Waals surface area contributed by atoms with Crippen molar-refractivity contribution in [1.82, 2.24) is 0 Å². The third kappa shape index (κ3) is 4.94. The van der Waals surface area contributed by atoms with Gasteiger partial charge in [-0.3, -0.25) is 4.99 Å². The maximum absolute atomic E-state index is 5.44. The van der Waals surface area contributed by atoms with Gasteiger partial charge in [0.2, 0.25) is 0 Å². The Morgan fingerprint density at radius 1 is 1.33 bits per heavy atom. The van der Waals surface area contributed by atoms with Gasteiger partial charge in [0, 0.05) is 12.8 Å². The second-order valence-electron chi connectivity index (χ2n) is 3.71. The van der Waals surface area contributed by atoms with Gasteiger partial charge in [0.15, 0.2) is 0 Å². The van der Waals surface area contributed by atoms with Gasteiger partial charge < -0.3 is 5.73 Å². The first-order chi connectivity index (χ1) is 5.57. The van der Waals surface area contributed by atoms with E-state index >= 15 is 0 Å². The molecule has 0 radical (unpaired) electrons. The summed E-state index contributed by atoms with van der Waals surface area (Å²) in [6, 6.07) is 0. The Kier molecular flexibility index (Phi) is 5.43. The van der Waals surface area contributed by atoms with Gasteiger partial charge in [-0.1, -0.05) is 27.7 Å². The zero-order valence-corrected chi connectivity index (χ0v) is 8.54. The van der Waals surface area contributed by atoms with Crippen molar-refractivity contribution in [3.05, 3.63) is 11.8 Å². The maximum atomic E-state index is 5.44. The summed E-state index contributed by atoms with van der Waals surface area (Å²) >= 11 is 0. The fourth-order valence-corrected chi connectivity index (χ4v) is 0.753. The van der Waals surface area contributed by atoms with E-state index < -0.39 is 0 Å². The minimum atomic E-state index is 0.464. The van der Waals surface area contributed by atoms with E-state index in [2.05, 4.69) is 32.7 Å². The van der Waals surface area contributed by atoms with Crippen LogP contribution >= 0.6 is 0 Å². The summed E-state index contributed by atoms with van der Waals surface area (Å²) in [4.78, 5) is 4.29. The SMILES string of the molecule is CC(C)CN=C/C(=C\N)C(C)C. The molecule has 0 unspecified atom stereocenters. The van der Waals surface area contributed by atoms with Crippen molar-refractivity contribution in [2.45, 2.75) is 27.7 Å². The largest absolute Gasteiger partial charge is 0.404 e. The van der Waals surface area contributed by atoms with Crippen LogP contribution in [0.3, 0.4) is 0 Å². The minimum absolute atomic E-state index is 0.464. The second-order valence-corrected chi connectivity index (χ2v) is 3.71. The molecule has 0 heterocycles. The Hall–Kier alpha value is -0.790. The van der Waals surface area contributed by atoms with Crippen LogP contribution in [0, 0.1) is 11.8 Å². The highest BCUT2D eigenvalue weighted by Crippen LogP contribution is 2.04. The Morgan fingerprint density at radius 2 is 1.92 bits per heavy atom. The lowest BCUT2D eigenvalue weighted by Gasteiger charge is -2.04. The lowest BCUT2D eigenvalue weighted by Crippen LogP contribution is -2.01. The van der Waals surface area contributed by atoms with E-state index in [0.29, 0.717) is 11.8 Å². The van der Waals surface area contributed by atoms with E-state index in [0.717, 1.165) is 12.1 Å². The Bertz CT molecular complexity index is 167. The van der Waals surface area contributed by atoms with Gasteiger partial charge in [-0.15, -0.1) is 0 Å². The summed E-state index contributed by atoms with van der Waals surface area (Å²) in [6.07, 6.45) is 3.51. The number of nitrogens with zero attached hydrogens (tertiary/aromatic N) is 1. The highest BCUT2D eigenvalue weighted by atomic mass is 14.7. The molecule has 0 bridgehead atoms. The maximum Gasteiger partial charge on any atom is 0.0412 e. The van der Waals surface area contributed by atoms with E-state index in [1.165, 1.54) is 0 Å². The van der Waals surface area contributed by atoms with Crippen LogP contribution in [0.2, 0.25) is 0 Å². The second kappa shape index (κ2) is 5.81. The molecule has 0 aromatic carbocycles. The first-order valence-electron chi connectivity index (χ1n) is 4.49. The van der Waals surface area contributed by atoms with E-state index in [-0.39, 0.29) is 0 Å². The monoisotopic (exact) mass is 168 g/mol. The summed E-state index contributed by atoms with van der Waals surface area (Å²) in [5.74, 6) is 1.08. The van der Waals surface area contributed by atoms with Gasteiger partial charge in [-0.05, 0) is 23.6 Å². The topological polar surface area (TPSA) is 38.4 Å². The van der Waals surface area contributed by atoms with Crippen LogP contribution in [-0.2, 0) is 0 Å². The smallest absolute Gasteiger partial charge is 0.0412 e. The average Bonchev–Trinajstić information content (AvgIpc) is 1.96. The molecular formula is C10H20N2. The molecule has 0 aromatic heterocycles. The number of hydrogen-bond acceptors (Lipinski definition) is 2. The average molecular weight is 168 g/mol. The van der Waals surface area contributed by atoms with Crippen LogP contribution < -0.4 is 5.73 Å². The molecule has 2 heteroatoms. The van der Waals surface area contributed by atoms with Gasteiger partial charge >= 0.3 is 0 Å². The fraction of sp³-hybridized carbons (Fsp3) is 0.700. The number of rotatable bonds is 4. The molecule has 0 fully saturated rings. The molecule has 2 N–H and O–H groups in total. The first kappa shape index (κ1) is 11.2. The zero-order valence-electron chi connectivity index (χ0n) is 8.54. The van der Waals surface area contributed by atoms with Crippen molar-refractivity contribution >= 4 is 6.21 Å². The molecule has 12 heavy (non-hydrogen) atoms. The normalized spacial score (nSPS) is 13.7. The molecule has 0 aliphatic rings. The Balaban J connectivity index is 3.95. The third-order valence-electron chi connectivity index (χ3n) is 1.57. The van der Waals surface area contributed by atoms with Crippen LogP contribution in [0.4, 0.5) is 0 Å². The van der Waals surface area contributed by atoms with E-state index in [1.807, 2.05) is 6.21 Å². The van der Waals surface area contributed by atoms with E-state index in [4.69, 9.17) is 5.73 Å². The first-order valence-corrected chi connectivity index (χ1v) is 4.49. The molecule has 0 aliphatic carbocycles. The zero-order chi connectivity index (χ0) is 9.56. The number of aliphatic imine (C=N–C) groups is 1. The van der Waals surface area contributed by atoms with Gasteiger partial charge in [0.05, 0.1) is 0 Å². The van der Waals surface area contributed by atoms with Gasteiger partial charge in [0.1, 0.15) is 0 Å². The summed E-state index contributed by atoms with van der Waals surface area (Å²) in [6.45, 7) is 9.40. The molecule has 0 aliphatic heterocycles. The molecular weight excluding hydrogens is 148 g/mol. The summed E-state index contributed by atoms with van der Waals surface area (Å²) < 4.78 is 0. The molecule has 0 saturated carbocycles.